The standard InChI is InChI=1S/C25H27FN4O2S/c1-15(2)11-12-30-16(3)21(22(27-25(30)33)17-7-6-10-20(14-17)31-4)24-28-23(29-32-24)18-8-5-9-19(26)13-18/h5-10,13-15,22H,11-12H2,1-4H3,(H,27,33). The van der Waals surface area contributed by atoms with Crippen LogP contribution in [0.1, 0.15) is 44.7 Å². The number of aromatic nitrogens is 2. The van der Waals surface area contributed by atoms with Gasteiger partial charge in [-0.05, 0) is 61.3 Å². The highest BCUT2D eigenvalue weighted by Gasteiger charge is 2.34. The predicted octanol–water partition coefficient (Wildman–Crippen LogP) is 5.59. The van der Waals surface area contributed by atoms with Crippen LogP contribution in [0, 0.1) is 11.7 Å². The fraction of sp³-hybridized carbons (Fsp3) is 0.320. The summed E-state index contributed by atoms with van der Waals surface area (Å²) >= 11 is 5.73. The Hall–Kier alpha value is -3.26. The number of hydrogen-bond donors (Lipinski definition) is 1. The monoisotopic (exact) mass is 466 g/mol. The first-order valence-electron chi connectivity index (χ1n) is 10.9. The minimum absolute atomic E-state index is 0.302. The molecule has 0 amide bonds. The third-order valence-corrected chi connectivity index (χ3v) is 6.03. The molecule has 172 valence electrons. The van der Waals surface area contributed by atoms with Crippen LogP contribution in [0.25, 0.3) is 17.0 Å². The number of benzene rings is 2. The van der Waals surface area contributed by atoms with Crippen LogP contribution >= 0.6 is 12.2 Å². The van der Waals surface area contributed by atoms with Crippen LogP contribution in [-0.4, -0.2) is 33.8 Å². The summed E-state index contributed by atoms with van der Waals surface area (Å²) in [5.74, 6) is 1.61. The third-order valence-electron chi connectivity index (χ3n) is 5.69. The molecule has 0 saturated heterocycles. The molecule has 1 atom stereocenters. The van der Waals surface area contributed by atoms with Crippen molar-refractivity contribution in [2.24, 2.45) is 5.92 Å². The van der Waals surface area contributed by atoms with Crippen LogP contribution in [0.15, 0.2) is 58.8 Å². The van der Waals surface area contributed by atoms with Gasteiger partial charge in [-0.1, -0.05) is 43.3 Å². The fourth-order valence-electron chi connectivity index (χ4n) is 3.86. The predicted molar refractivity (Wildman–Crippen MR) is 130 cm³/mol. The summed E-state index contributed by atoms with van der Waals surface area (Å²) in [5, 5.41) is 8.23. The number of hydrogen-bond acceptors (Lipinski definition) is 5. The first kappa shape index (κ1) is 22.9. The summed E-state index contributed by atoms with van der Waals surface area (Å²) in [5.41, 5.74) is 3.29. The molecule has 1 aliphatic rings. The van der Waals surface area contributed by atoms with Gasteiger partial charge in [0.1, 0.15) is 11.6 Å². The van der Waals surface area contributed by atoms with E-state index >= 15 is 0 Å². The van der Waals surface area contributed by atoms with E-state index < -0.39 is 0 Å². The molecule has 0 saturated carbocycles. The maximum atomic E-state index is 13.7. The maximum absolute atomic E-state index is 13.7. The molecule has 1 unspecified atom stereocenters. The molecule has 2 aromatic carbocycles. The second-order valence-electron chi connectivity index (χ2n) is 8.43. The number of rotatable bonds is 7. The number of halogens is 1. The van der Waals surface area contributed by atoms with Crippen molar-refractivity contribution in [3.05, 3.63) is 71.5 Å². The van der Waals surface area contributed by atoms with E-state index in [4.69, 9.17) is 21.5 Å². The molecule has 0 radical (unpaired) electrons. The maximum Gasteiger partial charge on any atom is 0.258 e. The molecule has 0 fully saturated rings. The van der Waals surface area contributed by atoms with Gasteiger partial charge in [0.05, 0.1) is 18.7 Å². The zero-order chi connectivity index (χ0) is 23.5. The molecule has 6 nitrogen and oxygen atoms in total. The fourth-order valence-corrected chi connectivity index (χ4v) is 4.21. The lowest BCUT2D eigenvalue weighted by atomic mass is 9.94. The van der Waals surface area contributed by atoms with E-state index in [1.54, 1.807) is 19.2 Å². The molecule has 0 spiro atoms. The normalized spacial score (nSPS) is 16.4. The van der Waals surface area contributed by atoms with E-state index in [0.717, 1.165) is 35.5 Å². The van der Waals surface area contributed by atoms with Crippen molar-refractivity contribution >= 4 is 22.9 Å². The molecule has 4 rings (SSSR count). The first-order valence-corrected chi connectivity index (χ1v) is 11.3. The second-order valence-corrected chi connectivity index (χ2v) is 8.81. The summed E-state index contributed by atoms with van der Waals surface area (Å²) in [6.45, 7) is 7.15. The van der Waals surface area contributed by atoms with E-state index in [2.05, 4.69) is 34.2 Å². The van der Waals surface area contributed by atoms with Gasteiger partial charge < -0.3 is 19.5 Å². The molecule has 33 heavy (non-hydrogen) atoms. The molecule has 1 N–H and O–H groups in total. The number of thiocarbonyl (C=S) groups is 1. The molecule has 1 aliphatic heterocycles. The summed E-state index contributed by atoms with van der Waals surface area (Å²) in [6.07, 6.45) is 0.981. The highest BCUT2D eigenvalue weighted by Crippen LogP contribution is 2.38. The quantitative estimate of drug-likeness (QED) is 0.455. The second kappa shape index (κ2) is 9.70. The van der Waals surface area contributed by atoms with Gasteiger partial charge in [-0.15, -0.1) is 0 Å². The Morgan fingerprint density at radius 2 is 2.00 bits per heavy atom. The minimum atomic E-state index is -0.354. The Morgan fingerprint density at radius 1 is 1.21 bits per heavy atom. The number of ether oxygens (including phenoxy) is 1. The highest BCUT2D eigenvalue weighted by atomic mass is 32.1. The molecule has 0 aliphatic carbocycles. The van der Waals surface area contributed by atoms with Gasteiger partial charge >= 0.3 is 0 Å². The van der Waals surface area contributed by atoms with Gasteiger partial charge in [-0.2, -0.15) is 4.98 Å². The van der Waals surface area contributed by atoms with Crippen molar-refractivity contribution < 1.29 is 13.7 Å². The average Bonchev–Trinajstić information content (AvgIpc) is 3.28. The van der Waals surface area contributed by atoms with Crippen LogP contribution in [0.3, 0.4) is 0 Å². The number of nitrogens with zero attached hydrogens (tertiary/aromatic N) is 3. The SMILES string of the molecule is COc1cccc(C2NC(=S)N(CCC(C)C)C(C)=C2c2nc(-c3cccc(F)c3)no2)c1. The molecule has 2 heterocycles. The van der Waals surface area contributed by atoms with Gasteiger partial charge in [-0.25, -0.2) is 4.39 Å². The first-order chi connectivity index (χ1) is 15.9. The number of nitrogens with one attached hydrogen (secondary N) is 1. The van der Waals surface area contributed by atoms with E-state index in [9.17, 15) is 4.39 Å². The van der Waals surface area contributed by atoms with Crippen LogP contribution < -0.4 is 10.1 Å². The average molecular weight is 467 g/mol. The largest absolute Gasteiger partial charge is 0.497 e. The molecule has 3 aromatic rings. The zero-order valence-electron chi connectivity index (χ0n) is 19.1. The van der Waals surface area contributed by atoms with Crippen LogP contribution in [0.4, 0.5) is 4.39 Å². The lowest BCUT2D eigenvalue weighted by Crippen LogP contribution is -2.46. The minimum Gasteiger partial charge on any atom is -0.497 e. The Kier molecular flexibility index (Phi) is 6.74. The van der Waals surface area contributed by atoms with Crippen LogP contribution in [0.5, 0.6) is 5.75 Å². The van der Waals surface area contributed by atoms with Crippen molar-refractivity contribution in [1.29, 1.82) is 0 Å². The van der Waals surface area contributed by atoms with Gasteiger partial charge in [0.15, 0.2) is 5.11 Å². The van der Waals surface area contributed by atoms with Gasteiger partial charge in [-0.3, -0.25) is 0 Å². The topological polar surface area (TPSA) is 63.4 Å². The lowest BCUT2D eigenvalue weighted by Gasteiger charge is -2.37. The lowest BCUT2D eigenvalue weighted by molar-refractivity contribution is 0.390. The van der Waals surface area contributed by atoms with Crippen LogP contribution in [0.2, 0.25) is 0 Å². The van der Waals surface area contributed by atoms with Crippen LogP contribution in [-0.2, 0) is 0 Å². The summed E-state index contributed by atoms with van der Waals surface area (Å²) in [7, 11) is 1.64. The third kappa shape index (κ3) is 4.90. The van der Waals surface area contributed by atoms with E-state index in [1.807, 2.05) is 31.2 Å². The zero-order valence-corrected chi connectivity index (χ0v) is 19.9. The summed E-state index contributed by atoms with van der Waals surface area (Å²) < 4.78 is 24.9. The van der Waals surface area contributed by atoms with Gasteiger partial charge in [0.25, 0.3) is 5.89 Å². The Morgan fingerprint density at radius 3 is 2.73 bits per heavy atom. The van der Waals surface area contributed by atoms with Crippen molar-refractivity contribution in [1.82, 2.24) is 20.4 Å². The Labute approximate surface area is 198 Å². The molecular formula is C25H27FN4O2S. The Balaban J connectivity index is 1.80. The molecule has 0 bridgehead atoms. The van der Waals surface area contributed by atoms with Crippen molar-refractivity contribution in [2.45, 2.75) is 33.2 Å². The number of allylic oxidation sites excluding steroid dienone is 1. The van der Waals surface area contributed by atoms with Crippen molar-refractivity contribution in [3.63, 3.8) is 0 Å². The van der Waals surface area contributed by atoms with Gasteiger partial charge in [0, 0.05) is 17.8 Å². The van der Waals surface area contributed by atoms with E-state index in [0.29, 0.717) is 28.3 Å². The van der Waals surface area contributed by atoms with Gasteiger partial charge in [0.2, 0.25) is 5.82 Å². The summed E-state index contributed by atoms with van der Waals surface area (Å²) in [6, 6.07) is 13.6. The molecule has 1 aromatic heterocycles. The molecular weight excluding hydrogens is 439 g/mol. The van der Waals surface area contributed by atoms with E-state index in [-0.39, 0.29) is 11.9 Å². The summed E-state index contributed by atoms with van der Waals surface area (Å²) in [4.78, 5) is 6.70. The van der Waals surface area contributed by atoms with E-state index in [1.165, 1.54) is 12.1 Å². The highest BCUT2D eigenvalue weighted by molar-refractivity contribution is 7.80. The Bertz CT molecular complexity index is 1190. The van der Waals surface area contributed by atoms with Crippen molar-refractivity contribution in [2.75, 3.05) is 13.7 Å². The molecule has 8 heteroatoms. The smallest absolute Gasteiger partial charge is 0.258 e. The number of methoxy groups -OCH3 is 1. The van der Waals surface area contributed by atoms with Crippen molar-refractivity contribution in [3.8, 4) is 17.1 Å².